The Morgan fingerprint density at radius 2 is 2.00 bits per heavy atom. The van der Waals surface area contributed by atoms with Gasteiger partial charge in [0.15, 0.2) is 5.75 Å². The van der Waals surface area contributed by atoms with Crippen molar-refractivity contribution in [3.05, 3.63) is 23.8 Å². The molecule has 9 heteroatoms. The molecule has 0 unspecified atom stereocenters. The summed E-state index contributed by atoms with van der Waals surface area (Å²) in [6.45, 7) is 1.60. The lowest BCUT2D eigenvalue weighted by molar-refractivity contribution is -0.139. The number of aromatic hydroxyl groups is 1. The Bertz CT molecular complexity index is 624. The fourth-order valence-electron chi connectivity index (χ4n) is 1.35. The van der Waals surface area contributed by atoms with E-state index < -0.39 is 33.5 Å². The SMILES string of the molecule is CCOC(=O)CS(=O)(=O)Nc1ccc(C(=O)O)c(O)c1. The minimum Gasteiger partial charge on any atom is -0.507 e. The first-order chi connectivity index (χ1) is 9.25. The van der Waals surface area contributed by atoms with Gasteiger partial charge in [0.2, 0.25) is 10.0 Å². The number of ether oxygens (including phenoxy) is 1. The van der Waals surface area contributed by atoms with Crippen LogP contribution in [0.1, 0.15) is 17.3 Å². The summed E-state index contributed by atoms with van der Waals surface area (Å²) >= 11 is 0. The molecule has 20 heavy (non-hydrogen) atoms. The summed E-state index contributed by atoms with van der Waals surface area (Å²) in [6.07, 6.45) is 0. The number of benzene rings is 1. The largest absolute Gasteiger partial charge is 0.507 e. The first kappa shape index (κ1) is 15.8. The van der Waals surface area contributed by atoms with Crippen molar-refractivity contribution in [1.82, 2.24) is 0 Å². The minimum absolute atomic E-state index is 0.0580. The van der Waals surface area contributed by atoms with Gasteiger partial charge in [-0.25, -0.2) is 13.2 Å². The van der Waals surface area contributed by atoms with Crippen LogP contribution >= 0.6 is 0 Å². The molecule has 0 aliphatic heterocycles. The Morgan fingerprint density at radius 1 is 1.35 bits per heavy atom. The zero-order valence-corrected chi connectivity index (χ0v) is 11.3. The predicted octanol–water partition coefficient (Wildman–Crippen LogP) is 0.395. The van der Waals surface area contributed by atoms with Crippen LogP contribution in [-0.4, -0.2) is 42.9 Å². The van der Waals surface area contributed by atoms with Crippen molar-refractivity contribution in [2.24, 2.45) is 0 Å². The van der Waals surface area contributed by atoms with Gasteiger partial charge in [0, 0.05) is 6.07 Å². The monoisotopic (exact) mass is 303 g/mol. The molecule has 1 rings (SSSR count). The van der Waals surface area contributed by atoms with Gasteiger partial charge < -0.3 is 14.9 Å². The number of carbonyl (C=O) groups excluding carboxylic acids is 1. The van der Waals surface area contributed by atoms with Gasteiger partial charge in [-0.15, -0.1) is 0 Å². The van der Waals surface area contributed by atoms with Gasteiger partial charge in [0.05, 0.1) is 12.3 Å². The quantitative estimate of drug-likeness (QED) is 0.648. The Hall–Kier alpha value is -2.29. The number of anilines is 1. The molecular formula is C11H13NO7S. The van der Waals surface area contributed by atoms with Gasteiger partial charge in [0.1, 0.15) is 11.3 Å². The molecule has 0 aromatic heterocycles. The first-order valence-electron chi connectivity index (χ1n) is 5.47. The maximum absolute atomic E-state index is 11.6. The van der Waals surface area contributed by atoms with E-state index in [2.05, 4.69) is 4.74 Å². The van der Waals surface area contributed by atoms with E-state index in [-0.39, 0.29) is 17.9 Å². The first-order valence-corrected chi connectivity index (χ1v) is 7.13. The number of carboxylic acid groups (broad SMARTS) is 1. The van der Waals surface area contributed by atoms with E-state index in [1.54, 1.807) is 6.92 Å². The van der Waals surface area contributed by atoms with E-state index in [0.717, 1.165) is 18.2 Å². The molecule has 0 saturated carbocycles. The second kappa shape index (κ2) is 6.24. The minimum atomic E-state index is -3.99. The van der Waals surface area contributed by atoms with E-state index in [1.807, 2.05) is 4.72 Å². The summed E-state index contributed by atoms with van der Waals surface area (Å²) in [7, 11) is -3.99. The lowest BCUT2D eigenvalue weighted by Crippen LogP contribution is -2.24. The van der Waals surface area contributed by atoms with Gasteiger partial charge in [0.25, 0.3) is 0 Å². The number of carbonyl (C=O) groups is 2. The van der Waals surface area contributed by atoms with Crippen LogP contribution in [0.25, 0.3) is 0 Å². The summed E-state index contributed by atoms with van der Waals surface area (Å²) in [4.78, 5) is 21.8. The fourth-order valence-corrected chi connectivity index (χ4v) is 2.30. The van der Waals surface area contributed by atoms with E-state index in [1.165, 1.54) is 0 Å². The highest BCUT2D eigenvalue weighted by Gasteiger charge is 2.18. The molecular weight excluding hydrogens is 290 g/mol. The van der Waals surface area contributed by atoms with Gasteiger partial charge >= 0.3 is 11.9 Å². The molecule has 0 fully saturated rings. The number of esters is 1. The van der Waals surface area contributed by atoms with Gasteiger partial charge in [-0.3, -0.25) is 9.52 Å². The molecule has 8 nitrogen and oxygen atoms in total. The molecule has 110 valence electrons. The number of rotatable bonds is 6. The van der Waals surface area contributed by atoms with Crippen molar-refractivity contribution >= 4 is 27.6 Å². The summed E-state index contributed by atoms with van der Waals surface area (Å²) in [5, 5.41) is 18.1. The fraction of sp³-hybridized carbons (Fsp3) is 0.273. The number of hydrogen-bond acceptors (Lipinski definition) is 6. The van der Waals surface area contributed by atoms with Crippen molar-refractivity contribution < 1.29 is 33.0 Å². The summed E-state index contributed by atoms with van der Waals surface area (Å²) < 4.78 is 29.7. The molecule has 0 saturated heterocycles. The third-order valence-corrected chi connectivity index (χ3v) is 3.28. The lowest BCUT2D eigenvalue weighted by atomic mass is 10.2. The molecule has 3 N–H and O–H groups in total. The molecule has 0 radical (unpaired) electrons. The van der Waals surface area contributed by atoms with Gasteiger partial charge in [-0.2, -0.15) is 0 Å². The number of carboxylic acids is 1. The molecule has 0 aliphatic carbocycles. The number of hydrogen-bond donors (Lipinski definition) is 3. The van der Waals surface area contributed by atoms with Crippen LogP contribution in [0.3, 0.4) is 0 Å². The Balaban J connectivity index is 2.85. The summed E-state index contributed by atoms with van der Waals surface area (Å²) in [6, 6.07) is 3.14. The van der Waals surface area contributed by atoms with E-state index in [9.17, 15) is 23.1 Å². The normalized spacial score (nSPS) is 10.8. The van der Waals surface area contributed by atoms with Crippen LogP contribution in [0.15, 0.2) is 18.2 Å². The lowest BCUT2D eigenvalue weighted by Gasteiger charge is -2.08. The smallest absolute Gasteiger partial charge is 0.339 e. The highest BCUT2D eigenvalue weighted by molar-refractivity contribution is 7.93. The van der Waals surface area contributed by atoms with Crippen molar-refractivity contribution in [2.75, 3.05) is 17.1 Å². The average molecular weight is 303 g/mol. The van der Waals surface area contributed by atoms with Gasteiger partial charge in [-0.05, 0) is 19.1 Å². The van der Waals surface area contributed by atoms with Crippen LogP contribution in [0.5, 0.6) is 5.75 Å². The molecule has 0 bridgehead atoms. The van der Waals surface area contributed by atoms with Crippen molar-refractivity contribution in [2.45, 2.75) is 6.92 Å². The molecule has 1 aromatic carbocycles. The van der Waals surface area contributed by atoms with Crippen LogP contribution in [0, 0.1) is 0 Å². The molecule has 0 heterocycles. The average Bonchev–Trinajstić information content (AvgIpc) is 2.26. The van der Waals surface area contributed by atoms with E-state index >= 15 is 0 Å². The maximum Gasteiger partial charge on any atom is 0.339 e. The topological polar surface area (TPSA) is 130 Å². The van der Waals surface area contributed by atoms with Crippen molar-refractivity contribution in [3.63, 3.8) is 0 Å². The Morgan fingerprint density at radius 3 is 2.50 bits per heavy atom. The Labute approximate surface area is 115 Å². The van der Waals surface area contributed by atoms with Crippen LogP contribution < -0.4 is 4.72 Å². The van der Waals surface area contributed by atoms with E-state index in [4.69, 9.17) is 5.11 Å². The molecule has 0 amide bonds. The molecule has 0 atom stereocenters. The summed E-state index contributed by atoms with van der Waals surface area (Å²) in [5.41, 5.74) is -0.421. The molecule has 0 aliphatic rings. The van der Waals surface area contributed by atoms with Crippen LogP contribution in [-0.2, 0) is 19.6 Å². The zero-order valence-electron chi connectivity index (χ0n) is 10.5. The standard InChI is InChI=1S/C11H13NO7S/c1-2-19-10(14)6-20(17,18)12-7-3-4-8(11(15)16)9(13)5-7/h3-5,12-13H,2,6H2,1H3,(H,15,16). The second-order valence-corrected chi connectivity index (χ2v) is 5.43. The number of sulfonamides is 1. The van der Waals surface area contributed by atoms with Crippen molar-refractivity contribution in [1.29, 1.82) is 0 Å². The van der Waals surface area contributed by atoms with Crippen LogP contribution in [0.2, 0.25) is 0 Å². The van der Waals surface area contributed by atoms with E-state index in [0.29, 0.717) is 0 Å². The number of aromatic carboxylic acids is 1. The number of nitrogens with one attached hydrogen (secondary N) is 1. The summed E-state index contributed by atoms with van der Waals surface area (Å²) in [5.74, 6) is -3.72. The van der Waals surface area contributed by atoms with Crippen LogP contribution in [0.4, 0.5) is 5.69 Å². The maximum atomic E-state index is 11.6. The van der Waals surface area contributed by atoms with Gasteiger partial charge in [-0.1, -0.05) is 0 Å². The second-order valence-electron chi connectivity index (χ2n) is 3.70. The number of phenols is 1. The predicted molar refractivity (Wildman–Crippen MR) is 69.1 cm³/mol. The third kappa shape index (κ3) is 4.43. The highest BCUT2D eigenvalue weighted by Crippen LogP contribution is 2.22. The molecule has 0 spiro atoms. The molecule has 1 aromatic rings. The zero-order chi connectivity index (χ0) is 15.3. The third-order valence-electron chi connectivity index (χ3n) is 2.11. The Kier molecular flexibility index (Phi) is 4.92. The highest BCUT2D eigenvalue weighted by atomic mass is 32.2. The van der Waals surface area contributed by atoms with Crippen molar-refractivity contribution in [3.8, 4) is 5.75 Å².